The molecule has 0 aliphatic rings. The number of halogens is 4. The molecule has 15 heavy (non-hydrogen) atoms. The highest BCUT2D eigenvalue weighted by Crippen LogP contribution is 2.39. The van der Waals surface area contributed by atoms with Crippen LogP contribution in [0, 0.1) is 0 Å². The van der Waals surface area contributed by atoms with Crippen LogP contribution >= 0.6 is 54.2 Å². The van der Waals surface area contributed by atoms with Crippen molar-refractivity contribution >= 4 is 54.2 Å². The van der Waals surface area contributed by atoms with Gasteiger partial charge in [-0.1, -0.05) is 0 Å². The molecule has 0 aliphatic heterocycles. The molecule has 0 aromatic heterocycles. The minimum absolute atomic E-state index is 0.0847. The lowest BCUT2D eigenvalue weighted by Crippen LogP contribution is -2.18. The van der Waals surface area contributed by atoms with Gasteiger partial charge >= 0.3 is 0 Å². The molecule has 0 N–H and O–H groups in total. The van der Waals surface area contributed by atoms with Crippen molar-refractivity contribution in [1.29, 1.82) is 0 Å². The van der Waals surface area contributed by atoms with Crippen molar-refractivity contribution in [1.82, 2.24) is 0 Å². The maximum atomic E-state index is 11.1. The van der Waals surface area contributed by atoms with Gasteiger partial charge < -0.3 is 13.9 Å². The third-order valence-electron chi connectivity index (χ3n) is 1.16. The van der Waals surface area contributed by atoms with Gasteiger partial charge in [0.15, 0.2) is 0 Å². The summed E-state index contributed by atoms with van der Waals surface area (Å²) in [4.78, 5) is 11.1. The van der Waals surface area contributed by atoms with Gasteiger partial charge in [0.25, 0.3) is 7.82 Å². The molecular formula is C6H10Cl4O4P-. The second-order valence-electron chi connectivity index (χ2n) is 2.54. The van der Waals surface area contributed by atoms with Crippen LogP contribution < -0.4 is 4.89 Å². The lowest BCUT2D eigenvalue weighted by atomic mass is 10.5. The van der Waals surface area contributed by atoms with Crippen LogP contribution in [0.25, 0.3) is 0 Å². The van der Waals surface area contributed by atoms with Crippen LogP contribution in [0.4, 0.5) is 0 Å². The molecule has 9 heteroatoms. The Bertz CT molecular complexity index is 199. The first-order chi connectivity index (χ1) is 6.91. The Balaban J connectivity index is 3.81. The number of hydrogen-bond donors (Lipinski definition) is 0. The zero-order valence-corrected chi connectivity index (χ0v) is 11.5. The zero-order chi connectivity index (χ0) is 11.9. The molecule has 0 aliphatic carbocycles. The molecule has 0 aromatic rings. The number of phosphoric ester groups is 1. The van der Waals surface area contributed by atoms with Crippen LogP contribution in [0.2, 0.25) is 0 Å². The molecule has 2 atom stereocenters. The smallest absolute Gasteiger partial charge is 0.267 e. The van der Waals surface area contributed by atoms with E-state index in [1.807, 2.05) is 0 Å². The van der Waals surface area contributed by atoms with Gasteiger partial charge in [-0.3, -0.25) is 4.57 Å². The summed E-state index contributed by atoms with van der Waals surface area (Å²) in [5.41, 5.74) is 0. The van der Waals surface area contributed by atoms with Gasteiger partial charge in [0.05, 0.1) is 24.0 Å². The largest absolute Gasteiger partial charge is 0.756 e. The summed E-state index contributed by atoms with van der Waals surface area (Å²) in [5, 5.41) is -1.17. The van der Waals surface area contributed by atoms with Crippen LogP contribution in [-0.2, 0) is 13.6 Å². The van der Waals surface area contributed by atoms with E-state index in [0.29, 0.717) is 0 Å². The highest BCUT2D eigenvalue weighted by molar-refractivity contribution is 7.45. The third-order valence-corrected chi connectivity index (χ3v) is 3.71. The molecule has 0 saturated heterocycles. The first kappa shape index (κ1) is 16.3. The van der Waals surface area contributed by atoms with Crippen molar-refractivity contribution in [2.24, 2.45) is 0 Å². The van der Waals surface area contributed by atoms with E-state index in [2.05, 4.69) is 9.05 Å². The fraction of sp³-hybridized carbons (Fsp3) is 1.00. The monoisotopic (exact) mass is 317 g/mol. The van der Waals surface area contributed by atoms with E-state index in [-0.39, 0.29) is 25.0 Å². The Morgan fingerprint density at radius 1 is 1.07 bits per heavy atom. The lowest BCUT2D eigenvalue weighted by molar-refractivity contribution is -0.225. The zero-order valence-electron chi connectivity index (χ0n) is 7.58. The quantitative estimate of drug-likeness (QED) is 0.508. The Labute approximate surface area is 108 Å². The highest BCUT2D eigenvalue weighted by atomic mass is 35.5. The van der Waals surface area contributed by atoms with E-state index >= 15 is 0 Å². The van der Waals surface area contributed by atoms with Crippen LogP contribution in [0.1, 0.15) is 0 Å². The van der Waals surface area contributed by atoms with Crippen LogP contribution in [0.15, 0.2) is 0 Å². The normalized spacial score (nSPS) is 19.5. The van der Waals surface area contributed by atoms with Gasteiger partial charge in [-0.05, 0) is 0 Å². The van der Waals surface area contributed by atoms with Gasteiger partial charge in [-0.15, -0.1) is 46.4 Å². The van der Waals surface area contributed by atoms with Crippen molar-refractivity contribution in [2.45, 2.75) is 10.8 Å². The lowest BCUT2D eigenvalue weighted by Gasteiger charge is -2.24. The minimum Gasteiger partial charge on any atom is -0.756 e. The molecule has 0 heterocycles. The summed E-state index contributed by atoms with van der Waals surface area (Å²) in [6, 6.07) is 0. The van der Waals surface area contributed by atoms with Gasteiger partial charge in [0.2, 0.25) is 0 Å². The molecule has 0 amide bonds. The average molecular weight is 319 g/mol. The number of phosphoric acid groups is 1. The Morgan fingerprint density at radius 2 is 1.40 bits per heavy atom. The van der Waals surface area contributed by atoms with Crippen LogP contribution in [0.3, 0.4) is 0 Å². The Morgan fingerprint density at radius 3 is 1.67 bits per heavy atom. The molecule has 92 valence electrons. The first-order valence-electron chi connectivity index (χ1n) is 3.91. The number of hydrogen-bond acceptors (Lipinski definition) is 4. The minimum atomic E-state index is -4.36. The summed E-state index contributed by atoms with van der Waals surface area (Å²) in [6.45, 7) is -0.473. The number of alkyl halides is 4. The fourth-order valence-corrected chi connectivity index (χ4v) is 1.75. The standard InChI is InChI=1S/C6H11Cl4O4P/c7-1-5(9)3-13-15(11,12)14-4-6(10)2-8/h5-6H,1-4H2,(H,11,12)/p-1. The molecule has 0 radical (unpaired) electrons. The van der Waals surface area contributed by atoms with E-state index in [1.54, 1.807) is 0 Å². The summed E-state index contributed by atoms with van der Waals surface area (Å²) >= 11 is 21.8. The summed E-state index contributed by atoms with van der Waals surface area (Å²) in [7, 11) is -4.36. The predicted molar refractivity (Wildman–Crippen MR) is 60.2 cm³/mol. The van der Waals surface area contributed by atoms with Crippen molar-refractivity contribution in [2.75, 3.05) is 25.0 Å². The SMILES string of the molecule is O=P([O-])(OCC(Cl)CCl)OCC(Cl)CCl. The second kappa shape index (κ2) is 8.37. The van der Waals surface area contributed by atoms with Crippen molar-refractivity contribution < 1.29 is 18.5 Å². The Kier molecular flexibility index (Phi) is 9.08. The van der Waals surface area contributed by atoms with Gasteiger partial charge in [-0.25, -0.2) is 0 Å². The first-order valence-corrected chi connectivity index (χ1v) is 7.31. The molecule has 0 aromatic carbocycles. The van der Waals surface area contributed by atoms with Gasteiger partial charge in [0, 0.05) is 11.8 Å². The van der Waals surface area contributed by atoms with E-state index in [9.17, 15) is 9.46 Å². The van der Waals surface area contributed by atoms with E-state index in [0.717, 1.165) is 0 Å². The summed E-state index contributed by atoms with van der Waals surface area (Å²) < 4.78 is 19.9. The van der Waals surface area contributed by atoms with Gasteiger partial charge in [-0.2, -0.15) is 0 Å². The molecule has 2 unspecified atom stereocenters. The topological polar surface area (TPSA) is 58.6 Å². The Hall–Kier alpha value is 1.27. The molecule has 0 spiro atoms. The summed E-state index contributed by atoms with van der Waals surface area (Å²) in [5.74, 6) is 0.169. The van der Waals surface area contributed by atoms with Crippen molar-refractivity contribution in [3.05, 3.63) is 0 Å². The summed E-state index contributed by atoms with van der Waals surface area (Å²) in [6.07, 6.45) is 0. The molecular weight excluding hydrogens is 309 g/mol. The van der Waals surface area contributed by atoms with Crippen LogP contribution in [-0.4, -0.2) is 35.7 Å². The molecule has 0 fully saturated rings. The molecule has 0 bridgehead atoms. The van der Waals surface area contributed by atoms with E-state index in [4.69, 9.17) is 46.4 Å². The maximum absolute atomic E-state index is 11.1. The average Bonchev–Trinajstić information content (AvgIpc) is 2.22. The molecule has 0 rings (SSSR count). The third kappa shape index (κ3) is 9.02. The molecule has 4 nitrogen and oxygen atoms in total. The highest BCUT2D eigenvalue weighted by Gasteiger charge is 2.14. The van der Waals surface area contributed by atoms with Crippen LogP contribution in [0.5, 0.6) is 0 Å². The van der Waals surface area contributed by atoms with E-state index < -0.39 is 18.6 Å². The second-order valence-corrected chi connectivity index (χ2v) is 5.80. The molecule has 0 saturated carbocycles. The predicted octanol–water partition coefficient (Wildman–Crippen LogP) is 2.18. The van der Waals surface area contributed by atoms with Crippen molar-refractivity contribution in [3.8, 4) is 0 Å². The fourth-order valence-electron chi connectivity index (χ4n) is 0.471. The van der Waals surface area contributed by atoms with Crippen molar-refractivity contribution in [3.63, 3.8) is 0 Å². The van der Waals surface area contributed by atoms with Gasteiger partial charge in [0.1, 0.15) is 0 Å². The number of rotatable bonds is 8. The maximum Gasteiger partial charge on any atom is 0.267 e. The van der Waals surface area contributed by atoms with E-state index in [1.165, 1.54) is 0 Å².